The fourth-order valence-corrected chi connectivity index (χ4v) is 9.87. The summed E-state index contributed by atoms with van der Waals surface area (Å²) in [6.45, 7) is 9.61. The molecule has 3 aromatic carbocycles. The Labute approximate surface area is 311 Å². The highest BCUT2D eigenvalue weighted by Gasteiger charge is 2.38. The Bertz CT molecular complexity index is 2350. The molecular weight excluding hydrogens is 711 g/mol. The average Bonchev–Trinajstić information content (AvgIpc) is 3.94. The lowest BCUT2D eigenvalue weighted by atomic mass is 10.1. The van der Waals surface area contributed by atoms with Crippen LogP contribution in [0.15, 0.2) is 95.0 Å². The smallest absolute Gasteiger partial charge is 0.410 e. The molecule has 2 fully saturated rings. The number of amides is 1. The number of rotatable bonds is 8. The fraction of sp³-hybridized carbons (Fsp3) is 0.375. The second-order valence-corrected chi connectivity index (χ2v) is 18.7. The summed E-state index contributed by atoms with van der Waals surface area (Å²) in [7, 11) is -7.98. The fourth-order valence-electron chi connectivity index (χ4n) is 7.13. The van der Waals surface area contributed by atoms with Gasteiger partial charge in [-0.05, 0) is 84.6 Å². The maximum absolute atomic E-state index is 14.2. The Morgan fingerprint density at radius 2 is 1.11 bits per heavy atom. The summed E-state index contributed by atoms with van der Waals surface area (Å²) in [6.07, 6.45) is 7.58. The van der Waals surface area contributed by atoms with Crippen LogP contribution >= 0.6 is 0 Å². The minimum atomic E-state index is -4.09. The van der Waals surface area contributed by atoms with Crippen molar-refractivity contribution in [1.82, 2.24) is 22.8 Å². The number of hydrogen-bond donors (Lipinski definition) is 0. The molecule has 1 atom stereocenters. The molecule has 1 aliphatic heterocycles. The van der Waals surface area contributed by atoms with Gasteiger partial charge in [-0.2, -0.15) is 0 Å². The minimum absolute atomic E-state index is 0.0388. The molecule has 1 amide bonds. The summed E-state index contributed by atoms with van der Waals surface area (Å²) < 4.78 is 64.4. The number of benzene rings is 3. The maximum Gasteiger partial charge on any atom is 0.410 e. The number of imidazole rings is 2. The van der Waals surface area contributed by atoms with E-state index in [4.69, 9.17) is 14.7 Å². The maximum atomic E-state index is 14.2. The van der Waals surface area contributed by atoms with Gasteiger partial charge in [0.05, 0.1) is 27.2 Å². The number of nitrogens with zero attached hydrogens (tertiary/aromatic N) is 5. The molecule has 0 unspecified atom stereocenters. The van der Waals surface area contributed by atoms with E-state index in [1.165, 1.54) is 14.1 Å². The van der Waals surface area contributed by atoms with Gasteiger partial charge >= 0.3 is 6.09 Å². The zero-order chi connectivity index (χ0) is 37.7. The van der Waals surface area contributed by atoms with E-state index in [2.05, 4.69) is 0 Å². The molecule has 2 aliphatic rings. The third-order valence-corrected chi connectivity index (χ3v) is 13.3. The summed E-state index contributed by atoms with van der Waals surface area (Å²) in [4.78, 5) is 25.0. The van der Waals surface area contributed by atoms with Crippen molar-refractivity contribution in [3.05, 3.63) is 108 Å². The van der Waals surface area contributed by atoms with E-state index in [-0.39, 0.29) is 21.5 Å². The van der Waals surface area contributed by atoms with Crippen molar-refractivity contribution in [1.29, 1.82) is 0 Å². The van der Waals surface area contributed by atoms with E-state index in [1.54, 1.807) is 80.4 Å². The van der Waals surface area contributed by atoms with Crippen LogP contribution in [-0.4, -0.2) is 57.9 Å². The molecule has 1 saturated heterocycles. The lowest BCUT2D eigenvalue weighted by molar-refractivity contribution is 0.0217. The van der Waals surface area contributed by atoms with E-state index >= 15 is 0 Å². The first kappa shape index (κ1) is 36.6. The Morgan fingerprint density at radius 3 is 1.58 bits per heavy atom. The van der Waals surface area contributed by atoms with Crippen molar-refractivity contribution < 1.29 is 26.4 Å². The average molecular weight is 756 g/mol. The Kier molecular flexibility index (Phi) is 9.60. The number of aryl methyl sites for hydroxylation is 2. The van der Waals surface area contributed by atoms with Gasteiger partial charge in [0.1, 0.15) is 17.2 Å². The number of carbonyl (C=O) groups excluding carboxylic acids is 1. The second-order valence-electron chi connectivity index (χ2n) is 15.1. The summed E-state index contributed by atoms with van der Waals surface area (Å²) in [5, 5.41) is 0. The van der Waals surface area contributed by atoms with Crippen LogP contribution in [0.3, 0.4) is 0 Å². The molecule has 1 aliphatic carbocycles. The highest BCUT2D eigenvalue weighted by atomic mass is 32.2. The van der Waals surface area contributed by atoms with Gasteiger partial charge in [-0.25, -0.2) is 39.5 Å². The molecule has 2 aromatic heterocycles. The number of ether oxygens (including phenoxy) is 1. The molecule has 11 nitrogen and oxygen atoms in total. The molecule has 278 valence electrons. The van der Waals surface area contributed by atoms with Crippen LogP contribution in [-0.2, 0) is 24.8 Å². The second kappa shape index (κ2) is 13.9. The summed E-state index contributed by atoms with van der Waals surface area (Å²) in [5.74, 6) is 0.809. The van der Waals surface area contributed by atoms with Gasteiger partial charge in [0.25, 0.3) is 20.0 Å². The molecule has 13 heteroatoms. The van der Waals surface area contributed by atoms with Gasteiger partial charge in [0.15, 0.2) is 0 Å². The Morgan fingerprint density at radius 1 is 0.660 bits per heavy atom. The van der Waals surface area contributed by atoms with Crippen molar-refractivity contribution in [2.75, 3.05) is 6.54 Å². The zero-order valence-electron chi connectivity index (χ0n) is 30.7. The first-order valence-corrected chi connectivity index (χ1v) is 20.9. The molecule has 1 saturated carbocycles. The molecule has 0 N–H and O–H groups in total. The van der Waals surface area contributed by atoms with Crippen LogP contribution in [0.2, 0.25) is 0 Å². The van der Waals surface area contributed by atoms with Crippen LogP contribution in [0, 0.1) is 13.8 Å². The lowest BCUT2D eigenvalue weighted by Crippen LogP contribution is -2.37. The summed E-state index contributed by atoms with van der Waals surface area (Å²) >= 11 is 0. The highest BCUT2D eigenvalue weighted by molar-refractivity contribution is 7.90. The number of aromatic nitrogens is 4. The van der Waals surface area contributed by atoms with Gasteiger partial charge in [-0.1, -0.05) is 72.5 Å². The topological polar surface area (TPSA) is 133 Å². The van der Waals surface area contributed by atoms with Crippen LogP contribution in [0.1, 0.15) is 94.0 Å². The molecule has 53 heavy (non-hydrogen) atoms. The predicted molar refractivity (Wildman–Crippen MR) is 203 cm³/mol. The van der Waals surface area contributed by atoms with Crippen molar-refractivity contribution in [2.24, 2.45) is 0 Å². The Balaban J connectivity index is 1.27. The molecular formula is C40H45N5O6S2. The third-order valence-electron chi connectivity index (χ3n) is 9.93. The van der Waals surface area contributed by atoms with Crippen molar-refractivity contribution in [3.63, 3.8) is 0 Å². The first-order chi connectivity index (χ1) is 25.1. The largest absolute Gasteiger partial charge is 0.444 e. The van der Waals surface area contributed by atoms with Crippen LogP contribution in [0.4, 0.5) is 4.79 Å². The van der Waals surface area contributed by atoms with E-state index in [0.29, 0.717) is 47.7 Å². The predicted octanol–water partition coefficient (Wildman–Crippen LogP) is 8.23. The van der Waals surface area contributed by atoms with Crippen molar-refractivity contribution in [3.8, 4) is 22.5 Å². The first-order valence-electron chi connectivity index (χ1n) is 18.1. The lowest BCUT2D eigenvalue weighted by Gasteiger charge is -2.28. The monoisotopic (exact) mass is 755 g/mol. The van der Waals surface area contributed by atoms with Crippen molar-refractivity contribution in [2.45, 2.75) is 100 Å². The van der Waals surface area contributed by atoms with Crippen molar-refractivity contribution >= 4 is 26.1 Å². The number of carbonyl (C=O) groups is 1. The van der Waals surface area contributed by atoms with Crippen LogP contribution < -0.4 is 0 Å². The van der Waals surface area contributed by atoms with E-state index in [1.807, 2.05) is 38.1 Å². The molecule has 0 radical (unpaired) electrons. The SMILES string of the molecule is Cc1ccc(S(=O)(=O)n2cc(-c3ccc(-c4cn(S(=O)(=O)c5ccc(C)cc5)c([C@@H]5CCCN5C(=O)OC(C)(C)C)n4)cc3)nc2C2CCCC2)cc1. The third kappa shape index (κ3) is 7.28. The quantitative estimate of drug-likeness (QED) is 0.155. The van der Waals surface area contributed by atoms with Gasteiger partial charge in [0.2, 0.25) is 0 Å². The summed E-state index contributed by atoms with van der Waals surface area (Å²) in [5.41, 5.74) is 3.48. The van der Waals surface area contributed by atoms with Gasteiger partial charge in [0, 0.05) is 36.0 Å². The highest BCUT2D eigenvalue weighted by Crippen LogP contribution is 2.38. The van der Waals surface area contributed by atoms with Gasteiger partial charge in [-0.15, -0.1) is 0 Å². The standard InChI is InChI=1S/C40H45N5O6S2/c1-27-12-20-32(21-13-27)52(47,48)44-25-34(41-37(44)31-9-6-7-10-31)29-16-18-30(19-17-29)35-26-45(53(49,50)33-22-14-28(2)15-23-33)38(42-35)36-11-8-24-43(36)39(46)51-40(3,4)5/h12-23,25-26,31,36H,6-11,24H2,1-5H3/t36-/m0/s1. The molecule has 0 spiro atoms. The van der Waals surface area contributed by atoms with Gasteiger partial charge < -0.3 is 4.74 Å². The molecule has 3 heterocycles. The minimum Gasteiger partial charge on any atom is -0.444 e. The Hall–Kier alpha value is -4.75. The summed E-state index contributed by atoms with van der Waals surface area (Å²) in [6, 6.07) is 20.2. The van der Waals surface area contributed by atoms with Gasteiger partial charge in [-0.3, -0.25) is 4.90 Å². The zero-order valence-corrected chi connectivity index (χ0v) is 32.3. The van der Waals surface area contributed by atoms with Crippen LogP contribution in [0.5, 0.6) is 0 Å². The van der Waals surface area contributed by atoms with E-state index in [0.717, 1.165) is 36.8 Å². The van der Waals surface area contributed by atoms with E-state index < -0.39 is 37.8 Å². The molecule has 7 rings (SSSR count). The molecule has 5 aromatic rings. The van der Waals surface area contributed by atoms with E-state index in [9.17, 15) is 21.6 Å². The molecule has 0 bridgehead atoms. The number of likely N-dealkylation sites (tertiary alicyclic amines) is 1. The normalized spacial score (nSPS) is 17.1. The van der Waals surface area contributed by atoms with Crippen LogP contribution in [0.25, 0.3) is 22.5 Å². The number of hydrogen-bond acceptors (Lipinski definition) is 8.